The molecule has 1 aliphatic carbocycles. The molecule has 0 radical (unpaired) electrons. The van der Waals surface area contributed by atoms with Crippen molar-refractivity contribution in [2.24, 2.45) is 11.3 Å². The maximum absolute atomic E-state index is 12.4. The molecule has 0 spiro atoms. The van der Waals surface area contributed by atoms with Crippen LogP contribution in [0.1, 0.15) is 44.4 Å². The average Bonchev–Trinajstić information content (AvgIpc) is 3.43. The van der Waals surface area contributed by atoms with E-state index in [0.29, 0.717) is 24.5 Å². The molecule has 36 heavy (non-hydrogen) atoms. The van der Waals surface area contributed by atoms with E-state index in [9.17, 15) is 10.1 Å². The Morgan fingerprint density at radius 3 is 2.83 bits per heavy atom. The van der Waals surface area contributed by atoms with Crippen molar-refractivity contribution >= 4 is 22.5 Å². The van der Waals surface area contributed by atoms with Gasteiger partial charge < -0.3 is 19.8 Å². The lowest BCUT2D eigenvalue weighted by Gasteiger charge is -2.25. The van der Waals surface area contributed by atoms with Crippen molar-refractivity contribution in [2.75, 3.05) is 13.2 Å². The van der Waals surface area contributed by atoms with Crippen LogP contribution in [-0.4, -0.2) is 35.2 Å². The smallest absolute Gasteiger partial charge is 0.230 e. The van der Waals surface area contributed by atoms with E-state index in [4.69, 9.17) is 9.47 Å². The lowest BCUT2D eigenvalue weighted by molar-refractivity contribution is -0.127. The molecule has 3 aromatic rings. The summed E-state index contributed by atoms with van der Waals surface area (Å²) in [6, 6.07) is 12.1. The maximum Gasteiger partial charge on any atom is 0.230 e. The SMILES string of the molecule is CC1(C)C(=O)NC2=CC(c3cc4c(-c5ccc(OC6CCOCC6)c(C#N)c5)ccnc4[nH]3)=CCC21. The first kappa shape index (κ1) is 22.6. The van der Waals surface area contributed by atoms with Crippen LogP contribution in [0.5, 0.6) is 5.75 Å². The second kappa shape index (κ2) is 8.65. The minimum absolute atomic E-state index is 0.0734. The number of carbonyl (C=O) groups is 1. The number of hydrogen-bond acceptors (Lipinski definition) is 5. The average molecular weight is 481 g/mol. The van der Waals surface area contributed by atoms with E-state index in [-0.39, 0.29) is 17.9 Å². The number of nitrogens with zero attached hydrogens (tertiary/aromatic N) is 2. The number of nitrogens with one attached hydrogen (secondary N) is 2. The Balaban J connectivity index is 1.32. The van der Waals surface area contributed by atoms with Gasteiger partial charge in [-0.25, -0.2) is 4.98 Å². The fourth-order valence-corrected chi connectivity index (χ4v) is 5.44. The lowest BCUT2D eigenvalue weighted by Crippen LogP contribution is -2.28. The molecule has 2 fully saturated rings. The lowest BCUT2D eigenvalue weighted by atomic mass is 9.76. The first-order valence-corrected chi connectivity index (χ1v) is 12.4. The van der Waals surface area contributed by atoms with Gasteiger partial charge in [-0.1, -0.05) is 26.0 Å². The van der Waals surface area contributed by atoms with Gasteiger partial charge >= 0.3 is 0 Å². The first-order chi connectivity index (χ1) is 17.4. The Labute approximate surface area is 209 Å². The van der Waals surface area contributed by atoms with Crippen LogP contribution in [0, 0.1) is 22.7 Å². The van der Waals surface area contributed by atoms with Gasteiger partial charge in [-0.2, -0.15) is 5.26 Å². The van der Waals surface area contributed by atoms with Crippen LogP contribution in [0.15, 0.2) is 54.4 Å². The fourth-order valence-electron chi connectivity index (χ4n) is 5.44. The van der Waals surface area contributed by atoms with Gasteiger partial charge in [0.25, 0.3) is 0 Å². The molecular formula is C29H28N4O3. The molecular weight excluding hydrogens is 452 g/mol. The first-order valence-electron chi connectivity index (χ1n) is 12.4. The summed E-state index contributed by atoms with van der Waals surface area (Å²) in [4.78, 5) is 20.4. The number of H-pyrrole nitrogens is 1. The Bertz CT molecular complexity index is 1470. The van der Waals surface area contributed by atoms with E-state index in [1.54, 1.807) is 6.20 Å². The Morgan fingerprint density at radius 2 is 2.03 bits per heavy atom. The molecule has 2 aromatic heterocycles. The molecule has 2 aliphatic heterocycles. The zero-order chi connectivity index (χ0) is 24.9. The van der Waals surface area contributed by atoms with Crippen LogP contribution in [0.25, 0.3) is 27.7 Å². The van der Waals surface area contributed by atoms with Crippen molar-refractivity contribution in [3.05, 3.63) is 65.6 Å². The molecule has 7 heteroatoms. The van der Waals surface area contributed by atoms with Gasteiger partial charge in [0.2, 0.25) is 5.91 Å². The Hall–Kier alpha value is -3.89. The summed E-state index contributed by atoms with van der Waals surface area (Å²) < 4.78 is 11.5. The van der Waals surface area contributed by atoms with Crippen LogP contribution in [0.4, 0.5) is 0 Å². The third-order valence-corrected chi connectivity index (χ3v) is 7.69. The molecule has 0 saturated carbocycles. The highest BCUT2D eigenvalue weighted by Crippen LogP contribution is 2.44. The number of nitriles is 1. The van der Waals surface area contributed by atoms with Gasteiger partial charge in [-0.05, 0) is 53.5 Å². The van der Waals surface area contributed by atoms with Crippen molar-refractivity contribution in [3.8, 4) is 22.9 Å². The zero-order valence-electron chi connectivity index (χ0n) is 20.4. The van der Waals surface area contributed by atoms with E-state index in [0.717, 1.165) is 58.4 Å². The number of carbonyl (C=O) groups excluding carboxylic acids is 1. The molecule has 1 unspecified atom stereocenters. The third kappa shape index (κ3) is 3.78. The molecule has 7 nitrogen and oxygen atoms in total. The Kier molecular flexibility index (Phi) is 5.42. The van der Waals surface area contributed by atoms with E-state index >= 15 is 0 Å². The number of aromatic amines is 1. The monoisotopic (exact) mass is 480 g/mol. The normalized spacial score (nSPS) is 21.4. The predicted molar refractivity (Wildman–Crippen MR) is 137 cm³/mol. The largest absolute Gasteiger partial charge is 0.489 e. The number of rotatable bonds is 4. The quantitative estimate of drug-likeness (QED) is 0.541. The molecule has 3 aliphatic rings. The molecule has 0 bridgehead atoms. The topological polar surface area (TPSA) is 100 Å². The van der Waals surface area contributed by atoms with E-state index in [1.165, 1.54) is 0 Å². The van der Waals surface area contributed by atoms with Crippen LogP contribution < -0.4 is 10.1 Å². The highest BCUT2D eigenvalue weighted by molar-refractivity contribution is 5.97. The van der Waals surface area contributed by atoms with Crippen LogP contribution in [0.2, 0.25) is 0 Å². The second-order valence-corrected chi connectivity index (χ2v) is 10.3. The molecule has 6 rings (SSSR count). The third-order valence-electron chi connectivity index (χ3n) is 7.69. The van der Waals surface area contributed by atoms with Gasteiger partial charge in [0.1, 0.15) is 23.6 Å². The van der Waals surface area contributed by atoms with Crippen molar-refractivity contribution in [2.45, 2.75) is 39.2 Å². The summed E-state index contributed by atoms with van der Waals surface area (Å²) in [6.07, 6.45) is 8.58. The number of fused-ring (bicyclic) bond motifs is 2. The standard InChI is InChI=1S/C29H28N4O3/c1-29(2)23-5-3-18(14-25(23)33-28(29)34)24-15-22-21(7-10-31-27(22)32-24)17-4-6-26(19(13-17)16-30)36-20-8-11-35-12-9-20/h3-4,6-7,10,13-15,20,23H,5,8-9,11-12H2,1-2H3,(H,31,32)(H,33,34). The fraction of sp³-hybridized carbons (Fsp3) is 0.345. The highest BCUT2D eigenvalue weighted by atomic mass is 16.5. The molecule has 2 saturated heterocycles. The minimum atomic E-state index is -0.401. The summed E-state index contributed by atoms with van der Waals surface area (Å²) in [5, 5.41) is 13.9. The molecule has 1 amide bonds. The van der Waals surface area contributed by atoms with Gasteiger partial charge in [0, 0.05) is 41.7 Å². The summed E-state index contributed by atoms with van der Waals surface area (Å²) in [5.74, 6) is 0.868. The summed E-state index contributed by atoms with van der Waals surface area (Å²) in [5.41, 5.74) is 5.80. The highest BCUT2D eigenvalue weighted by Gasteiger charge is 2.46. The van der Waals surface area contributed by atoms with Crippen molar-refractivity contribution in [1.29, 1.82) is 5.26 Å². The molecule has 1 atom stereocenters. The van der Waals surface area contributed by atoms with Crippen molar-refractivity contribution in [1.82, 2.24) is 15.3 Å². The van der Waals surface area contributed by atoms with Crippen LogP contribution in [-0.2, 0) is 9.53 Å². The van der Waals surface area contributed by atoms with Crippen LogP contribution >= 0.6 is 0 Å². The molecule has 182 valence electrons. The van der Waals surface area contributed by atoms with Gasteiger partial charge in [0.15, 0.2) is 0 Å². The minimum Gasteiger partial charge on any atom is -0.489 e. The van der Waals surface area contributed by atoms with Crippen molar-refractivity contribution in [3.63, 3.8) is 0 Å². The van der Waals surface area contributed by atoms with Crippen LogP contribution in [0.3, 0.4) is 0 Å². The molecule has 1 aromatic carbocycles. The number of pyridine rings is 1. The zero-order valence-corrected chi connectivity index (χ0v) is 20.4. The predicted octanol–water partition coefficient (Wildman–Crippen LogP) is 5.10. The van der Waals surface area contributed by atoms with Crippen molar-refractivity contribution < 1.29 is 14.3 Å². The van der Waals surface area contributed by atoms with Gasteiger partial charge in [0.05, 0.1) is 24.2 Å². The van der Waals surface area contributed by atoms with Gasteiger partial charge in [-0.3, -0.25) is 4.79 Å². The second-order valence-electron chi connectivity index (χ2n) is 10.3. The summed E-state index contributed by atoms with van der Waals surface area (Å²) in [7, 11) is 0. The molecule has 2 N–H and O–H groups in total. The van der Waals surface area contributed by atoms with E-state index in [2.05, 4.69) is 39.6 Å². The number of hydrogen-bond donors (Lipinski definition) is 2. The summed E-state index contributed by atoms with van der Waals surface area (Å²) >= 11 is 0. The Morgan fingerprint density at radius 1 is 1.19 bits per heavy atom. The number of allylic oxidation sites excluding steroid dienone is 4. The number of amides is 1. The number of aromatic nitrogens is 2. The maximum atomic E-state index is 12.4. The van der Waals surface area contributed by atoms with Gasteiger partial charge in [-0.15, -0.1) is 0 Å². The number of ether oxygens (including phenoxy) is 2. The van der Waals surface area contributed by atoms with E-state index in [1.807, 2.05) is 38.1 Å². The number of benzene rings is 1. The summed E-state index contributed by atoms with van der Waals surface area (Å²) in [6.45, 7) is 5.38. The molecule has 4 heterocycles. The van der Waals surface area contributed by atoms with E-state index < -0.39 is 5.41 Å².